The fourth-order valence-electron chi connectivity index (χ4n) is 3.52. The van der Waals surface area contributed by atoms with Crippen LogP contribution in [0.1, 0.15) is 23.2 Å². The minimum absolute atomic E-state index is 0.0284. The van der Waals surface area contributed by atoms with Gasteiger partial charge in [0, 0.05) is 42.8 Å². The van der Waals surface area contributed by atoms with Gasteiger partial charge in [0.15, 0.2) is 9.84 Å². The van der Waals surface area contributed by atoms with Crippen LogP contribution in [0.3, 0.4) is 0 Å². The highest BCUT2D eigenvalue weighted by molar-refractivity contribution is 7.91. The molecule has 2 aliphatic rings. The van der Waals surface area contributed by atoms with E-state index in [4.69, 9.17) is 11.6 Å². The molecule has 9 heteroatoms. The van der Waals surface area contributed by atoms with Gasteiger partial charge >= 0.3 is 0 Å². The molecular formula is C18H24ClN3O4S. The first-order chi connectivity index (χ1) is 12.8. The molecule has 2 aliphatic heterocycles. The van der Waals surface area contributed by atoms with Crippen LogP contribution in [-0.4, -0.2) is 80.3 Å². The van der Waals surface area contributed by atoms with E-state index in [0.29, 0.717) is 36.6 Å². The van der Waals surface area contributed by atoms with Crippen LogP contribution in [0.25, 0.3) is 0 Å². The van der Waals surface area contributed by atoms with Crippen molar-refractivity contribution in [2.45, 2.75) is 18.9 Å². The Morgan fingerprint density at radius 3 is 2.70 bits per heavy atom. The molecule has 27 heavy (non-hydrogen) atoms. The molecule has 2 amide bonds. The number of rotatable bonds is 4. The number of sulfone groups is 1. The van der Waals surface area contributed by atoms with E-state index in [2.05, 4.69) is 5.32 Å². The van der Waals surface area contributed by atoms with E-state index in [0.717, 1.165) is 13.0 Å². The van der Waals surface area contributed by atoms with Gasteiger partial charge in [-0.05, 0) is 31.0 Å². The van der Waals surface area contributed by atoms with Crippen molar-refractivity contribution in [1.82, 2.24) is 15.1 Å². The summed E-state index contributed by atoms with van der Waals surface area (Å²) in [5.41, 5.74) is 0.566. The summed E-state index contributed by atoms with van der Waals surface area (Å²) < 4.78 is 23.0. The molecule has 1 unspecified atom stereocenters. The molecule has 148 valence electrons. The second-order valence-electron chi connectivity index (χ2n) is 7.10. The number of hydrogen-bond acceptors (Lipinski definition) is 5. The lowest BCUT2D eigenvalue weighted by Gasteiger charge is -2.22. The fourth-order valence-corrected chi connectivity index (χ4v) is 5.39. The second-order valence-corrected chi connectivity index (χ2v) is 9.76. The van der Waals surface area contributed by atoms with Crippen molar-refractivity contribution in [2.75, 3.05) is 44.2 Å². The minimum atomic E-state index is -3.01. The third kappa shape index (κ3) is 5.67. The highest BCUT2D eigenvalue weighted by Gasteiger charge is 2.29. The van der Waals surface area contributed by atoms with Gasteiger partial charge in [-0.2, -0.15) is 0 Å². The van der Waals surface area contributed by atoms with Gasteiger partial charge in [-0.15, -0.1) is 0 Å². The van der Waals surface area contributed by atoms with Gasteiger partial charge in [-0.25, -0.2) is 8.42 Å². The third-order valence-corrected chi connectivity index (χ3v) is 6.92. The number of amides is 2. The summed E-state index contributed by atoms with van der Waals surface area (Å²) in [4.78, 5) is 28.6. The standard InChI is InChI=1S/C18H24ClN3O4S/c19-15-4-1-3-14(11-15)18(24)22-7-2-6-21(8-9-22)12-17(23)20-16-5-10-27(25,26)13-16/h1,3-4,11,16H,2,5-10,12-13H2,(H,20,23). The van der Waals surface area contributed by atoms with Crippen molar-refractivity contribution in [3.8, 4) is 0 Å². The summed E-state index contributed by atoms with van der Waals surface area (Å²) in [5.74, 6) is -0.0465. The Morgan fingerprint density at radius 2 is 2.00 bits per heavy atom. The molecule has 3 rings (SSSR count). The lowest BCUT2D eigenvalue weighted by molar-refractivity contribution is -0.122. The first kappa shape index (κ1) is 20.1. The average molecular weight is 414 g/mol. The summed E-state index contributed by atoms with van der Waals surface area (Å²) in [6, 6.07) is 6.62. The third-order valence-electron chi connectivity index (χ3n) is 4.91. The summed E-state index contributed by atoms with van der Waals surface area (Å²) in [6.45, 7) is 2.70. The summed E-state index contributed by atoms with van der Waals surface area (Å²) in [7, 11) is -3.01. The lowest BCUT2D eigenvalue weighted by Crippen LogP contribution is -2.43. The monoisotopic (exact) mass is 413 g/mol. The van der Waals surface area contributed by atoms with Gasteiger partial charge in [-0.1, -0.05) is 17.7 Å². The van der Waals surface area contributed by atoms with Crippen LogP contribution < -0.4 is 5.32 Å². The Balaban J connectivity index is 1.49. The normalized spacial score (nSPS) is 23.0. The second kappa shape index (κ2) is 8.58. The van der Waals surface area contributed by atoms with Gasteiger partial charge in [0.1, 0.15) is 0 Å². The van der Waals surface area contributed by atoms with Crippen LogP contribution in [0, 0.1) is 0 Å². The summed E-state index contributed by atoms with van der Waals surface area (Å²) in [6.07, 6.45) is 1.26. The first-order valence-corrected chi connectivity index (χ1v) is 11.3. The van der Waals surface area contributed by atoms with Gasteiger partial charge in [0.05, 0.1) is 18.1 Å². The predicted octanol–water partition coefficient (Wildman–Crippen LogP) is 0.791. The van der Waals surface area contributed by atoms with Gasteiger partial charge in [-0.3, -0.25) is 14.5 Å². The molecule has 0 aromatic heterocycles. The Morgan fingerprint density at radius 1 is 1.19 bits per heavy atom. The van der Waals surface area contributed by atoms with E-state index in [-0.39, 0.29) is 35.9 Å². The Hall–Kier alpha value is -1.64. The molecule has 1 aromatic carbocycles. The van der Waals surface area contributed by atoms with Crippen molar-refractivity contribution < 1.29 is 18.0 Å². The Kier molecular flexibility index (Phi) is 6.39. The zero-order chi connectivity index (χ0) is 19.4. The van der Waals surface area contributed by atoms with Crippen LogP contribution in [0.15, 0.2) is 24.3 Å². The molecule has 1 aromatic rings. The van der Waals surface area contributed by atoms with E-state index in [1.807, 2.05) is 4.90 Å². The van der Waals surface area contributed by atoms with Crippen molar-refractivity contribution >= 4 is 33.3 Å². The molecule has 0 bridgehead atoms. The number of hydrogen-bond donors (Lipinski definition) is 1. The number of nitrogens with zero attached hydrogens (tertiary/aromatic N) is 2. The minimum Gasteiger partial charge on any atom is -0.351 e. The van der Waals surface area contributed by atoms with Gasteiger partial charge in [0.25, 0.3) is 5.91 Å². The molecule has 7 nitrogen and oxygen atoms in total. The largest absolute Gasteiger partial charge is 0.351 e. The van der Waals surface area contributed by atoms with Crippen molar-refractivity contribution in [1.29, 1.82) is 0 Å². The number of nitrogens with one attached hydrogen (secondary N) is 1. The van der Waals surface area contributed by atoms with Crippen LogP contribution in [0.2, 0.25) is 5.02 Å². The van der Waals surface area contributed by atoms with E-state index >= 15 is 0 Å². The van der Waals surface area contributed by atoms with Crippen LogP contribution in [-0.2, 0) is 14.6 Å². The number of carbonyl (C=O) groups is 2. The predicted molar refractivity (Wildman–Crippen MR) is 104 cm³/mol. The number of halogens is 1. The van der Waals surface area contributed by atoms with E-state index < -0.39 is 9.84 Å². The maximum atomic E-state index is 12.6. The van der Waals surface area contributed by atoms with Crippen molar-refractivity contribution in [3.63, 3.8) is 0 Å². The number of carbonyl (C=O) groups excluding carboxylic acids is 2. The van der Waals surface area contributed by atoms with Crippen LogP contribution in [0.4, 0.5) is 0 Å². The maximum absolute atomic E-state index is 12.6. The molecule has 0 aliphatic carbocycles. The van der Waals surface area contributed by atoms with E-state index in [1.165, 1.54) is 0 Å². The zero-order valence-corrected chi connectivity index (χ0v) is 16.6. The quantitative estimate of drug-likeness (QED) is 0.788. The van der Waals surface area contributed by atoms with Crippen LogP contribution >= 0.6 is 11.6 Å². The summed E-state index contributed by atoms with van der Waals surface area (Å²) in [5, 5.41) is 3.34. The first-order valence-electron chi connectivity index (χ1n) is 9.09. The van der Waals surface area contributed by atoms with Crippen molar-refractivity contribution in [3.05, 3.63) is 34.9 Å². The van der Waals surface area contributed by atoms with E-state index in [1.54, 1.807) is 29.2 Å². The topological polar surface area (TPSA) is 86.8 Å². The van der Waals surface area contributed by atoms with Gasteiger partial charge in [0.2, 0.25) is 5.91 Å². The highest BCUT2D eigenvalue weighted by atomic mass is 35.5. The maximum Gasteiger partial charge on any atom is 0.253 e. The molecule has 0 saturated carbocycles. The molecule has 1 N–H and O–H groups in total. The molecular weight excluding hydrogens is 390 g/mol. The molecule has 0 radical (unpaired) electrons. The van der Waals surface area contributed by atoms with Crippen molar-refractivity contribution in [2.24, 2.45) is 0 Å². The van der Waals surface area contributed by atoms with E-state index in [9.17, 15) is 18.0 Å². The number of benzene rings is 1. The molecule has 1 atom stereocenters. The Bertz CT molecular complexity index is 815. The van der Waals surface area contributed by atoms with Gasteiger partial charge < -0.3 is 10.2 Å². The lowest BCUT2D eigenvalue weighted by atomic mass is 10.2. The Labute approximate surface area is 164 Å². The molecule has 2 heterocycles. The zero-order valence-electron chi connectivity index (χ0n) is 15.1. The SMILES string of the molecule is O=C(CN1CCCN(C(=O)c2cccc(Cl)c2)CC1)NC1CCS(=O)(=O)C1. The summed E-state index contributed by atoms with van der Waals surface area (Å²) >= 11 is 5.97. The van der Waals surface area contributed by atoms with Crippen LogP contribution in [0.5, 0.6) is 0 Å². The molecule has 2 saturated heterocycles. The molecule has 2 fully saturated rings. The molecule has 0 spiro atoms. The fraction of sp³-hybridized carbons (Fsp3) is 0.556. The highest BCUT2D eigenvalue weighted by Crippen LogP contribution is 2.15. The average Bonchev–Trinajstić information content (AvgIpc) is 2.80. The smallest absolute Gasteiger partial charge is 0.253 e.